The van der Waals surface area contributed by atoms with Crippen LogP contribution in [0.15, 0.2) is 24.4 Å². The number of aliphatic carboxylic acids is 3. The molecule has 21 nitrogen and oxygen atoms in total. The molecule has 1 aromatic heterocycles. The third-order valence-corrected chi connectivity index (χ3v) is 6.59. The van der Waals surface area contributed by atoms with Crippen molar-refractivity contribution in [3.63, 3.8) is 0 Å². The number of aromatic nitrogens is 3. The number of carboxylic acids is 3. The zero-order valence-corrected chi connectivity index (χ0v) is 25.3. The van der Waals surface area contributed by atoms with Gasteiger partial charge in [-0.15, -0.1) is 5.10 Å². The molecule has 5 N–H and O–H groups in total. The van der Waals surface area contributed by atoms with E-state index in [1.165, 1.54) is 13.1 Å². The fraction of sp³-hybridized carbons (Fsp3) is 0.538. The number of nitro groups is 2. The summed E-state index contributed by atoms with van der Waals surface area (Å²) in [6.45, 7) is 1.37. The average Bonchev–Trinajstić information content (AvgIpc) is 3.46. The van der Waals surface area contributed by atoms with Crippen molar-refractivity contribution in [3.8, 4) is 0 Å². The van der Waals surface area contributed by atoms with Crippen LogP contribution in [0.2, 0.25) is 0 Å². The number of unbranched alkanes of at least 4 members (excludes halogenated alkanes) is 1. The summed E-state index contributed by atoms with van der Waals surface area (Å²) in [5.41, 5.74) is -0.146. The fourth-order valence-corrected chi connectivity index (χ4v) is 4.11. The minimum atomic E-state index is -1.49. The molecule has 2 aromatic rings. The number of nitrogens with one attached hydrogen (secondary N) is 2. The van der Waals surface area contributed by atoms with E-state index < -0.39 is 58.0 Å². The molecule has 1 heterocycles. The third kappa shape index (κ3) is 13.2. The lowest BCUT2D eigenvalue weighted by molar-refractivity contribution is -0.393. The molecule has 1 unspecified atom stereocenters. The molecule has 0 saturated heterocycles. The molecule has 2 rings (SSSR count). The van der Waals surface area contributed by atoms with Crippen LogP contribution < -0.4 is 10.6 Å². The summed E-state index contributed by atoms with van der Waals surface area (Å²) < 4.78 is 12.5. The van der Waals surface area contributed by atoms with E-state index >= 15 is 0 Å². The second-order valence-corrected chi connectivity index (χ2v) is 10.0. The number of hydrogen-bond acceptors (Lipinski definition) is 13. The normalized spacial score (nSPS) is 12.1. The van der Waals surface area contributed by atoms with Gasteiger partial charge in [0, 0.05) is 32.6 Å². The van der Waals surface area contributed by atoms with Gasteiger partial charge < -0.3 is 40.3 Å². The van der Waals surface area contributed by atoms with Crippen LogP contribution in [0, 0.1) is 20.2 Å². The Bertz CT molecular complexity index is 1400. The number of carboxylic acid groups (broad SMARTS) is 3. The van der Waals surface area contributed by atoms with Crippen molar-refractivity contribution in [2.45, 2.75) is 57.3 Å². The van der Waals surface area contributed by atoms with E-state index in [1.54, 1.807) is 10.9 Å². The molecule has 47 heavy (non-hydrogen) atoms. The Morgan fingerprint density at radius 2 is 1.72 bits per heavy atom. The summed E-state index contributed by atoms with van der Waals surface area (Å²) in [5, 5.41) is 62.5. The maximum absolute atomic E-state index is 12.4. The Morgan fingerprint density at radius 1 is 1.00 bits per heavy atom. The second-order valence-electron chi connectivity index (χ2n) is 10.0. The van der Waals surface area contributed by atoms with Crippen LogP contribution in [0.4, 0.5) is 21.9 Å². The number of benzene rings is 1. The number of anilines is 1. The van der Waals surface area contributed by atoms with Crippen LogP contribution in [0.1, 0.15) is 37.8 Å². The van der Waals surface area contributed by atoms with Crippen molar-refractivity contribution in [3.05, 3.63) is 50.3 Å². The van der Waals surface area contributed by atoms with Crippen molar-refractivity contribution in [1.29, 1.82) is 0 Å². The minimum Gasteiger partial charge on any atom is -0.481 e. The topological polar surface area (TPSA) is 292 Å². The number of amides is 2. The standard InChI is InChI=1S/C26H36N8O13/c1-31(26(41)28-20(24(37)38)7-8-23(35)36)21(25(39)40)4-2-3-10-32-15-17(29-30-32)16-47-13-12-46-11-9-27-19-6-5-18(33(42)43)14-22(19)34(44)45/h5-6,14-15,20-21,27H,2-4,7-13,16H2,1H3,(H,28,41)(H,35,36)(H,37,38)(H,39,40)/t20-,21?/m0/s1. The molecule has 258 valence electrons. The van der Waals surface area contributed by atoms with Gasteiger partial charge in [-0.1, -0.05) is 5.21 Å². The summed E-state index contributed by atoms with van der Waals surface area (Å²) >= 11 is 0. The molecule has 0 saturated carbocycles. The van der Waals surface area contributed by atoms with Gasteiger partial charge in [-0.05, 0) is 31.7 Å². The summed E-state index contributed by atoms with van der Waals surface area (Å²) in [6, 6.07) is -0.389. The zero-order valence-electron chi connectivity index (χ0n) is 25.3. The van der Waals surface area contributed by atoms with Crippen molar-refractivity contribution in [2.75, 3.05) is 38.7 Å². The van der Waals surface area contributed by atoms with Crippen molar-refractivity contribution >= 4 is 41.0 Å². The molecule has 0 fully saturated rings. The number of likely N-dealkylation sites (N-methyl/N-ethyl adjacent to an activating group) is 1. The lowest BCUT2D eigenvalue weighted by atomic mass is 10.1. The summed E-state index contributed by atoms with van der Waals surface area (Å²) in [6.07, 6.45) is 1.74. The highest BCUT2D eigenvalue weighted by Gasteiger charge is 2.29. The Labute approximate surface area is 266 Å². The lowest BCUT2D eigenvalue weighted by Crippen LogP contribution is -2.52. The summed E-state index contributed by atoms with van der Waals surface area (Å²) in [4.78, 5) is 67.7. The average molecular weight is 669 g/mol. The predicted octanol–water partition coefficient (Wildman–Crippen LogP) is 1.32. The highest BCUT2D eigenvalue weighted by Crippen LogP contribution is 2.28. The van der Waals surface area contributed by atoms with Crippen molar-refractivity contribution < 1.29 is 53.8 Å². The van der Waals surface area contributed by atoms with Gasteiger partial charge in [-0.25, -0.2) is 14.4 Å². The smallest absolute Gasteiger partial charge is 0.326 e. The molecule has 21 heteroatoms. The number of ether oxygens (including phenoxy) is 2. The number of non-ortho nitro benzene ring substituents is 1. The van der Waals surface area contributed by atoms with Gasteiger partial charge in [-0.2, -0.15) is 0 Å². The van der Waals surface area contributed by atoms with E-state index in [4.69, 9.17) is 14.6 Å². The first kappa shape index (κ1) is 37.7. The molecule has 2 amide bonds. The van der Waals surface area contributed by atoms with Crippen LogP contribution >= 0.6 is 0 Å². The second kappa shape index (κ2) is 19.2. The Kier molecular flexibility index (Phi) is 15.4. The Hall–Kier alpha value is -5.44. The van der Waals surface area contributed by atoms with Crippen molar-refractivity contribution in [1.82, 2.24) is 25.2 Å². The molecular formula is C26H36N8O13. The van der Waals surface area contributed by atoms with E-state index in [0.29, 0.717) is 25.1 Å². The Balaban J connectivity index is 1.66. The molecule has 0 radical (unpaired) electrons. The number of hydrogen-bond donors (Lipinski definition) is 5. The Morgan fingerprint density at radius 3 is 2.36 bits per heavy atom. The fourth-order valence-electron chi connectivity index (χ4n) is 4.11. The number of carbonyl (C=O) groups excluding carboxylic acids is 1. The van der Waals surface area contributed by atoms with E-state index in [-0.39, 0.29) is 57.2 Å². The van der Waals surface area contributed by atoms with Gasteiger partial charge in [0.1, 0.15) is 23.5 Å². The van der Waals surface area contributed by atoms with Gasteiger partial charge in [0.25, 0.3) is 11.4 Å². The molecule has 0 spiro atoms. The highest BCUT2D eigenvalue weighted by molar-refractivity contribution is 5.86. The summed E-state index contributed by atoms with van der Waals surface area (Å²) in [7, 11) is 1.21. The molecule has 0 aliphatic rings. The molecular weight excluding hydrogens is 632 g/mol. The van der Waals surface area contributed by atoms with Crippen molar-refractivity contribution in [2.24, 2.45) is 0 Å². The van der Waals surface area contributed by atoms with Gasteiger partial charge in [-0.3, -0.25) is 29.7 Å². The lowest BCUT2D eigenvalue weighted by Gasteiger charge is -2.26. The maximum atomic E-state index is 12.4. The van der Waals surface area contributed by atoms with Crippen LogP contribution in [0.3, 0.4) is 0 Å². The van der Waals surface area contributed by atoms with Gasteiger partial charge in [0.05, 0.1) is 48.5 Å². The van der Waals surface area contributed by atoms with E-state index in [1.807, 2.05) is 0 Å². The molecule has 2 atom stereocenters. The molecule has 0 bridgehead atoms. The monoisotopic (exact) mass is 668 g/mol. The maximum Gasteiger partial charge on any atom is 0.326 e. The number of nitrogens with zero attached hydrogens (tertiary/aromatic N) is 6. The zero-order chi connectivity index (χ0) is 34.9. The first-order valence-electron chi connectivity index (χ1n) is 14.2. The first-order valence-corrected chi connectivity index (χ1v) is 14.2. The number of rotatable bonds is 23. The van der Waals surface area contributed by atoms with Gasteiger partial charge in [0.2, 0.25) is 0 Å². The van der Waals surface area contributed by atoms with E-state index in [2.05, 4.69) is 20.9 Å². The quantitative estimate of drug-likeness (QED) is 0.0633. The number of nitro benzene ring substituents is 2. The highest BCUT2D eigenvalue weighted by atomic mass is 16.6. The van der Waals surface area contributed by atoms with Crippen LogP contribution in [-0.2, 0) is 37.0 Å². The minimum absolute atomic E-state index is 0.0665. The van der Waals surface area contributed by atoms with Crippen LogP contribution in [0.25, 0.3) is 0 Å². The predicted molar refractivity (Wildman–Crippen MR) is 159 cm³/mol. The molecule has 0 aliphatic carbocycles. The third-order valence-electron chi connectivity index (χ3n) is 6.59. The number of aryl methyl sites for hydroxylation is 1. The molecule has 0 aliphatic heterocycles. The SMILES string of the molecule is CN(C(=O)N[C@@H](CCC(=O)O)C(=O)O)C(CCCCn1cc(COCCOCCNc2ccc([N+](=O)[O-])cc2[N+](=O)[O-])nn1)C(=O)O. The van der Waals surface area contributed by atoms with Gasteiger partial charge >= 0.3 is 23.9 Å². The van der Waals surface area contributed by atoms with Crippen LogP contribution in [0.5, 0.6) is 0 Å². The van der Waals surface area contributed by atoms with E-state index in [0.717, 1.165) is 17.0 Å². The first-order chi connectivity index (χ1) is 22.3. The van der Waals surface area contributed by atoms with E-state index in [9.17, 15) is 49.6 Å². The van der Waals surface area contributed by atoms with Crippen LogP contribution in [-0.4, -0.2) is 114 Å². The molecule has 1 aromatic carbocycles. The summed E-state index contributed by atoms with van der Waals surface area (Å²) in [5.74, 6) is -3.95. The number of urea groups is 1. The largest absolute Gasteiger partial charge is 0.481 e. The number of carbonyl (C=O) groups is 4. The van der Waals surface area contributed by atoms with Gasteiger partial charge in [0.15, 0.2) is 0 Å².